The summed E-state index contributed by atoms with van der Waals surface area (Å²) in [6, 6.07) is 3.29. The molecule has 5 heteroatoms. The Morgan fingerprint density at radius 2 is 2.05 bits per heavy atom. The molecule has 4 N–H and O–H groups in total. The SMILES string of the molecule is Cc1cc(N)c(F)cc1C1CCN(CCC(N)=O)CC1. The van der Waals surface area contributed by atoms with E-state index >= 15 is 0 Å². The predicted molar refractivity (Wildman–Crippen MR) is 77.8 cm³/mol. The van der Waals surface area contributed by atoms with Gasteiger partial charge >= 0.3 is 0 Å². The number of rotatable bonds is 4. The van der Waals surface area contributed by atoms with Crippen LogP contribution in [0.25, 0.3) is 0 Å². The number of anilines is 1. The Labute approximate surface area is 118 Å². The number of hydrogen-bond donors (Lipinski definition) is 2. The molecule has 0 bridgehead atoms. The van der Waals surface area contributed by atoms with Gasteiger partial charge in [-0.25, -0.2) is 4.39 Å². The molecule has 0 radical (unpaired) electrons. The number of benzene rings is 1. The first-order valence-electron chi connectivity index (χ1n) is 7.03. The smallest absolute Gasteiger partial charge is 0.218 e. The Kier molecular flexibility index (Phi) is 4.60. The molecule has 1 heterocycles. The van der Waals surface area contributed by atoms with E-state index in [2.05, 4.69) is 4.90 Å². The van der Waals surface area contributed by atoms with Crippen molar-refractivity contribution >= 4 is 11.6 Å². The van der Waals surface area contributed by atoms with Gasteiger partial charge in [-0.2, -0.15) is 0 Å². The summed E-state index contributed by atoms with van der Waals surface area (Å²) in [4.78, 5) is 13.0. The fourth-order valence-corrected chi connectivity index (χ4v) is 2.89. The number of primary amides is 1. The molecule has 0 spiro atoms. The lowest BCUT2D eigenvalue weighted by Gasteiger charge is -2.32. The third kappa shape index (κ3) is 3.48. The van der Waals surface area contributed by atoms with E-state index in [0.29, 0.717) is 12.3 Å². The molecule has 110 valence electrons. The van der Waals surface area contributed by atoms with Crippen molar-refractivity contribution < 1.29 is 9.18 Å². The van der Waals surface area contributed by atoms with Crippen LogP contribution in [-0.2, 0) is 4.79 Å². The summed E-state index contributed by atoms with van der Waals surface area (Å²) < 4.78 is 13.6. The van der Waals surface area contributed by atoms with Crippen LogP contribution in [0.2, 0.25) is 0 Å². The van der Waals surface area contributed by atoms with Crippen LogP contribution in [0.15, 0.2) is 12.1 Å². The van der Waals surface area contributed by atoms with E-state index < -0.39 is 0 Å². The highest BCUT2D eigenvalue weighted by molar-refractivity contribution is 5.73. The van der Waals surface area contributed by atoms with Gasteiger partial charge in [0.1, 0.15) is 5.82 Å². The van der Waals surface area contributed by atoms with E-state index in [0.717, 1.165) is 43.6 Å². The van der Waals surface area contributed by atoms with E-state index in [9.17, 15) is 9.18 Å². The van der Waals surface area contributed by atoms with Crippen LogP contribution in [0.4, 0.5) is 10.1 Å². The van der Waals surface area contributed by atoms with Crippen LogP contribution in [0, 0.1) is 12.7 Å². The number of hydrogen-bond acceptors (Lipinski definition) is 3. The molecule has 4 nitrogen and oxygen atoms in total. The normalized spacial score (nSPS) is 17.3. The minimum absolute atomic E-state index is 0.213. The van der Waals surface area contributed by atoms with Crippen LogP contribution in [0.3, 0.4) is 0 Å². The monoisotopic (exact) mass is 279 g/mol. The Bertz CT molecular complexity index is 496. The lowest BCUT2D eigenvalue weighted by molar-refractivity contribution is -0.118. The van der Waals surface area contributed by atoms with E-state index in [1.54, 1.807) is 12.1 Å². The standard InChI is InChI=1S/C15H22FN3O/c1-10-8-14(17)13(16)9-12(10)11-2-5-19(6-3-11)7-4-15(18)20/h8-9,11H,2-7,17H2,1H3,(H2,18,20). The maximum absolute atomic E-state index is 13.6. The quantitative estimate of drug-likeness (QED) is 0.825. The molecule has 1 fully saturated rings. The van der Waals surface area contributed by atoms with Gasteiger partial charge in [-0.15, -0.1) is 0 Å². The van der Waals surface area contributed by atoms with Gasteiger partial charge in [-0.3, -0.25) is 4.79 Å². The Hall–Kier alpha value is -1.62. The van der Waals surface area contributed by atoms with Gasteiger partial charge in [0.25, 0.3) is 0 Å². The molecule has 1 amide bonds. The average molecular weight is 279 g/mol. The summed E-state index contributed by atoms with van der Waals surface area (Å²) in [6.45, 7) is 4.54. The van der Waals surface area contributed by atoms with Gasteiger partial charge in [-0.1, -0.05) is 0 Å². The Morgan fingerprint density at radius 3 is 2.65 bits per heavy atom. The zero-order valence-electron chi connectivity index (χ0n) is 11.9. The number of nitrogen functional groups attached to an aromatic ring is 1. The summed E-state index contributed by atoms with van der Waals surface area (Å²) >= 11 is 0. The molecule has 0 aliphatic carbocycles. The molecule has 1 saturated heterocycles. The highest BCUT2D eigenvalue weighted by Gasteiger charge is 2.22. The second kappa shape index (κ2) is 6.22. The second-order valence-corrected chi connectivity index (χ2v) is 5.56. The predicted octanol–water partition coefficient (Wildman–Crippen LogP) is 1.77. The lowest BCUT2D eigenvalue weighted by atomic mass is 9.86. The molecule has 1 aliphatic heterocycles. The molecule has 0 atom stereocenters. The number of carbonyl (C=O) groups excluding carboxylic acids is 1. The largest absolute Gasteiger partial charge is 0.396 e. The van der Waals surface area contributed by atoms with Crippen LogP contribution >= 0.6 is 0 Å². The topological polar surface area (TPSA) is 72.3 Å². The van der Waals surface area contributed by atoms with Crippen LogP contribution < -0.4 is 11.5 Å². The minimum atomic E-state index is -0.332. The molecule has 0 unspecified atom stereocenters. The van der Waals surface area contributed by atoms with Crippen molar-refractivity contribution in [1.82, 2.24) is 4.90 Å². The average Bonchev–Trinajstić information content (AvgIpc) is 2.41. The van der Waals surface area contributed by atoms with Gasteiger partial charge in [0, 0.05) is 13.0 Å². The number of likely N-dealkylation sites (tertiary alicyclic amines) is 1. The first-order chi connectivity index (χ1) is 9.47. The van der Waals surface area contributed by atoms with Gasteiger partial charge in [0.2, 0.25) is 5.91 Å². The number of nitrogens with two attached hydrogens (primary N) is 2. The number of halogens is 1. The highest BCUT2D eigenvalue weighted by Crippen LogP contribution is 2.32. The molecule has 20 heavy (non-hydrogen) atoms. The molecule has 0 saturated carbocycles. The van der Waals surface area contributed by atoms with E-state index in [-0.39, 0.29) is 17.4 Å². The second-order valence-electron chi connectivity index (χ2n) is 5.56. The third-order valence-corrected chi connectivity index (χ3v) is 4.09. The number of piperidine rings is 1. The summed E-state index contributed by atoms with van der Waals surface area (Å²) in [5, 5.41) is 0. The maximum Gasteiger partial charge on any atom is 0.218 e. The number of amides is 1. The molecular formula is C15H22FN3O. The molecule has 2 rings (SSSR count). The number of nitrogens with zero attached hydrogens (tertiary/aromatic N) is 1. The van der Waals surface area contributed by atoms with Gasteiger partial charge in [-0.05, 0) is 62.0 Å². The van der Waals surface area contributed by atoms with Crippen molar-refractivity contribution in [2.24, 2.45) is 5.73 Å². The summed E-state index contributed by atoms with van der Waals surface area (Å²) in [7, 11) is 0. The maximum atomic E-state index is 13.6. The molecule has 1 aliphatic rings. The zero-order chi connectivity index (χ0) is 14.7. The van der Waals surface area contributed by atoms with E-state index in [4.69, 9.17) is 11.5 Å². The fourth-order valence-electron chi connectivity index (χ4n) is 2.89. The van der Waals surface area contributed by atoms with Gasteiger partial charge in [0.15, 0.2) is 0 Å². The number of carbonyl (C=O) groups is 1. The van der Waals surface area contributed by atoms with Crippen molar-refractivity contribution in [2.75, 3.05) is 25.4 Å². The molecular weight excluding hydrogens is 257 g/mol. The fraction of sp³-hybridized carbons (Fsp3) is 0.533. The van der Waals surface area contributed by atoms with E-state index in [1.165, 1.54) is 0 Å². The van der Waals surface area contributed by atoms with Crippen molar-refractivity contribution in [1.29, 1.82) is 0 Å². The first-order valence-corrected chi connectivity index (χ1v) is 7.03. The van der Waals surface area contributed by atoms with Crippen LogP contribution in [-0.4, -0.2) is 30.4 Å². The molecule has 1 aromatic carbocycles. The molecule has 1 aromatic rings. The van der Waals surface area contributed by atoms with Gasteiger partial charge < -0.3 is 16.4 Å². The summed E-state index contributed by atoms with van der Waals surface area (Å²) in [5.41, 5.74) is 13.1. The van der Waals surface area contributed by atoms with Crippen LogP contribution in [0.1, 0.15) is 36.3 Å². The Balaban J connectivity index is 1.97. The van der Waals surface area contributed by atoms with E-state index in [1.807, 2.05) is 6.92 Å². The lowest BCUT2D eigenvalue weighted by Crippen LogP contribution is -2.35. The summed E-state index contributed by atoms with van der Waals surface area (Å²) in [5.74, 6) is -0.222. The first kappa shape index (κ1) is 14.8. The van der Waals surface area contributed by atoms with Crippen molar-refractivity contribution in [3.8, 4) is 0 Å². The number of aryl methyl sites for hydroxylation is 1. The third-order valence-electron chi connectivity index (χ3n) is 4.09. The van der Waals surface area contributed by atoms with Crippen LogP contribution in [0.5, 0.6) is 0 Å². The van der Waals surface area contributed by atoms with Crippen molar-refractivity contribution in [3.05, 3.63) is 29.1 Å². The Morgan fingerprint density at radius 1 is 1.40 bits per heavy atom. The minimum Gasteiger partial charge on any atom is -0.396 e. The zero-order valence-corrected chi connectivity index (χ0v) is 11.9. The summed E-state index contributed by atoms with van der Waals surface area (Å²) in [6.07, 6.45) is 2.35. The highest BCUT2D eigenvalue weighted by atomic mass is 19.1. The molecule has 0 aromatic heterocycles. The van der Waals surface area contributed by atoms with Crippen molar-refractivity contribution in [2.45, 2.75) is 32.1 Å². The van der Waals surface area contributed by atoms with Gasteiger partial charge in [0.05, 0.1) is 5.69 Å². The van der Waals surface area contributed by atoms with Crippen molar-refractivity contribution in [3.63, 3.8) is 0 Å².